The fraction of sp³-hybridized carbons (Fsp3) is 0.261. The number of anilines is 1. The van der Waals surface area contributed by atoms with Crippen LogP contribution < -0.4 is 10.6 Å². The molecule has 0 unspecified atom stereocenters. The van der Waals surface area contributed by atoms with Gasteiger partial charge in [0, 0.05) is 30.1 Å². The van der Waals surface area contributed by atoms with E-state index in [0.29, 0.717) is 18.0 Å². The lowest BCUT2D eigenvalue weighted by Crippen LogP contribution is -2.25. The summed E-state index contributed by atoms with van der Waals surface area (Å²) < 4.78 is 0. The van der Waals surface area contributed by atoms with Crippen molar-refractivity contribution in [1.82, 2.24) is 10.3 Å². The van der Waals surface area contributed by atoms with E-state index >= 15 is 0 Å². The van der Waals surface area contributed by atoms with Crippen molar-refractivity contribution in [3.8, 4) is 11.3 Å². The van der Waals surface area contributed by atoms with Crippen LogP contribution in [0.5, 0.6) is 0 Å². The molecule has 5 heteroatoms. The van der Waals surface area contributed by atoms with Crippen molar-refractivity contribution < 1.29 is 9.59 Å². The molecule has 0 spiro atoms. The normalized spacial score (nSPS) is 10.9. The minimum absolute atomic E-state index is 0.0876. The Morgan fingerprint density at radius 3 is 2.43 bits per heavy atom. The molecule has 0 aliphatic carbocycles. The van der Waals surface area contributed by atoms with Gasteiger partial charge in [0.25, 0.3) is 5.91 Å². The highest BCUT2D eigenvalue weighted by Gasteiger charge is 2.14. The standard InChI is InChI=1S/C23H25N3O2/c1-15(2)12-13-24-23(28)20-14-22(26-21-7-5-4-6-19(20)21)17-8-10-18(11-9-17)25-16(3)27/h4-11,14-15H,12-13H2,1-3H3,(H,24,28)(H,25,27). The molecule has 0 atom stereocenters. The maximum atomic E-state index is 12.8. The number of hydrogen-bond acceptors (Lipinski definition) is 3. The van der Waals surface area contributed by atoms with Crippen LogP contribution in [-0.2, 0) is 4.79 Å². The van der Waals surface area contributed by atoms with Gasteiger partial charge in [0.1, 0.15) is 0 Å². The van der Waals surface area contributed by atoms with Crippen molar-refractivity contribution in [2.75, 3.05) is 11.9 Å². The van der Waals surface area contributed by atoms with E-state index in [4.69, 9.17) is 4.98 Å². The number of amides is 2. The third kappa shape index (κ3) is 4.74. The van der Waals surface area contributed by atoms with Gasteiger partial charge in [0.2, 0.25) is 5.91 Å². The van der Waals surface area contributed by atoms with Gasteiger partial charge >= 0.3 is 0 Å². The van der Waals surface area contributed by atoms with E-state index in [0.717, 1.165) is 34.3 Å². The molecular formula is C23H25N3O2. The van der Waals surface area contributed by atoms with E-state index in [1.807, 2.05) is 54.6 Å². The minimum atomic E-state index is -0.114. The molecule has 0 aliphatic rings. The highest BCUT2D eigenvalue weighted by Crippen LogP contribution is 2.26. The molecular weight excluding hydrogens is 350 g/mol. The van der Waals surface area contributed by atoms with Gasteiger partial charge < -0.3 is 10.6 Å². The predicted molar refractivity (Wildman–Crippen MR) is 113 cm³/mol. The van der Waals surface area contributed by atoms with Gasteiger partial charge in [-0.15, -0.1) is 0 Å². The topological polar surface area (TPSA) is 71.1 Å². The van der Waals surface area contributed by atoms with E-state index in [-0.39, 0.29) is 11.8 Å². The Kier molecular flexibility index (Phi) is 6.04. The molecule has 2 aromatic carbocycles. The van der Waals surface area contributed by atoms with Gasteiger partial charge in [-0.25, -0.2) is 4.98 Å². The number of carbonyl (C=O) groups is 2. The summed E-state index contributed by atoms with van der Waals surface area (Å²) in [6, 6.07) is 16.9. The molecule has 0 radical (unpaired) electrons. The van der Waals surface area contributed by atoms with E-state index in [9.17, 15) is 9.59 Å². The van der Waals surface area contributed by atoms with E-state index in [2.05, 4.69) is 24.5 Å². The second-order valence-electron chi connectivity index (χ2n) is 7.27. The molecule has 5 nitrogen and oxygen atoms in total. The fourth-order valence-electron chi connectivity index (χ4n) is 3.01. The number of nitrogens with zero attached hydrogens (tertiary/aromatic N) is 1. The van der Waals surface area contributed by atoms with Gasteiger partial charge in [-0.1, -0.05) is 44.2 Å². The average Bonchev–Trinajstić information content (AvgIpc) is 2.67. The zero-order valence-electron chi connectivity index (χ0n) is 16.5. The third-order valence-corrected chi connectivity index (χ3v) is 4.47. The van der Waals surface area contributed by atoms with Crippen LogP contribution in [0.2, 0.25) is 0 Å². The summed E-state index contributed by atoms with van der Waals surface area (Å²) in [6.07, 6.45) is 0.937. The van der Waals surface area contributed by atoms with Crippen molar-refractivity contribution in [1.29, 1.82) is 0 Å². The quantitative estimate of drug-likeness (QED) is 0.659. The molecule has 0 bridgehead atoms. The molecule has 1 aromatic heterocycles. The number of pyridine rings is 1. The van der Waals surface area contributed by atoms with Crippen molar-refractivity contribution in [3.63, 3.8) is 0 Å². The Morgan fingerprint density at radius 1 is 1.04 bits per heavy atom. The first kappa shape index (κ1) is 19.5. The lowest BCUT2D eigenvalue weighted by Gasteiger charge is -2.12. The zero-order chi connectivity index (χ0) is 20.1. The summed E-state index contributed by atoms with van der Waals surface area (Å²) in [4.78, 5) is 28.7. The molecule has 0 fully saturated rings. The number of carbonyl (C=O) groups excluding carboxylic acids is 2. The van der Waals surface area contributed by atoms with E-state index < -0.39 is 0 Å². The fourth-order valence-corrected chi connectivity index (χ4v) is 3.01. The molecule has 144 valence electrons. The van der Waals surface area contributed by atoms with Crippen LogP contribution in [0, 0.1) is 5.92 Å². The lowest BCUT2D eigenvalue weighted by atomic mass is 10.0. The molecule has 2 amide bonds. The van der Waals surface area contributed by atoms with Crippen LogP contribution >= 0.6 is 0 Å². The molecule has 3 rings (SSSR count). The van der Waals surface area contributed by atoms with Crippen molar-refractivity contribution >= 4 is 28.4 Å². The molecule has 2 N–H and O–H groups in total. The SMILES string of the molecule is CC(=O)Nc1ccc(-c2cc(C(=O)NCCC(C)C)c3ccccc3n2)cc1. The Hall–Kier alpha value is -3.21. The number of aromatic nitrogens is 1. The van der Waals surface area contributed by atoms with Crippen LogP contribution in [0.15, 0.2) is 54.6 Å². The van der Waals surface area contributed by atoms with Crippen molar-refractivity contribution in [2.45, 2.75) is 27.2 Å². The first-order chi connectivity index (χ1) is 13.4. The Morgan fingerprint density at radius 2 is 1.75 bits per heavy atom. The largest absolute Gasteiger partial charge is 0.352 e. The molecule has 0 saturated heterocycles. The Balaban J connectivity index is 1.95. The van der Waals surface area contributed by atoms with Gasteiger partial charge in [-0.3, -0.25) is 9.59 Å². The van der Waals surface area contributed by atoms with Crippen LogP contribution in [0.4, 0.5) is 5.69 Å². The summed E-state index contributed by atoms with van der Waals surface area (Å²) in [5.41, 5.74) is 3.73. The van der Waals surface area contributed by atoms with Crippen LogP contribution in [0.25, 0.3) is 22.2 Å². The number of nitrogens with one attached hydrogen (secondary N) is 2. The van der Waals surface area contributed by atoms with Gasteiger partial charge in [-0.05, 0) is 36.6 Å². The van der Waals surface area contributed by atoms with Gasteiger partial charge in [0.15, 0.2) is 0 Å². The molecule has 0 saturated carbocycles. The van der Waals surface area contributed by atoms with Crippen molar-refractivity contribution in [3.05, 3.63) is 60.2 Å². The maximum absolute atomic E-state index is 12.8. The van der Waals surface area contributed by atoms with Gasteiger partial charge in [0.05, 0.1) is 16.8 Å². The molecule has 3 aromatic rings. The predicted octanol–water partition coefficient (Wildman–Crippen LogP) is 4.64. The summed E-state index contributed by atoms with van der Waals surface area (Å²) in [7, 11) is 0. The number of benzene rings is 2. The summed E-state index contributed by atoms with van der Waals surface area (Å²) in [5.74, 6) is 0.333. The first-order valence-electron chi connectivity index (χ1n) is 9.50. The summed E-state index contributed by atoms with van der Waals surface area (Å²) in [5, 5.41) is 6.61. The van der Waals surface area contributed by atoms with Gasteiger partial charge in [-0.2, -0.15) is 0 Å². The van der Waals surface area contributed by atoms with Crippen LogP contribution in [-0.4, -0.2) is 23.3 Å². The number of fused-ring (bicyclic) bond motifs is 1. The maximum Gasteiger partial charge on any atom is 0.252 e. The number of hydrogen-bond donors (Lipinski definition) is 2. The smallest absolute Gasteiger partial charge is 0.252 e. The average molecular weight is 375 g/mol. The second kappa shape index (κ2) is 8.65. The molecule has 0 aliphatic heterocycles. The van der Waals surface area contributed by atoms with Crippen LogP contribution in [0.3, 0.4) is 0 Å². The van der Waals surface area contributed by atoms with Crippen molar-refractivity contribution in [2.24, 2.45) is 5.92 Å². The summed E-state index contributed by atoms with van der Waals surface area (Å²) in [6.45, 7) is 6.39. The highest BCUT2D eigenvalue weighted by molar-refractivity contribution is 6.07. The first-order valence-corrected chi connectivity index (χ1v) is 9.50. The third-order valence-electron chi connectivity index (χ3n) is 4.47. The van der Waals surface area contributed by atoms with Crippen LogP contribution in [0.1, 0.15) is 37.6 Å². The van der Waals surface area contributed by atoms with E-state index in [1.54, 1.807) is 0 Å². The monoisotopic (exact) mass is 375 g/mol. The Bertz CT molecular complexity index is 994. The summed E-state index contributed by atoms with van der Waals surface area (Å²) >= 11 is 0. The molecule has 28 heavy (non-hydrogen) atoms. The Labute approximate surface area is 165 Å². The highest BCUT2D eigenvalue weighted by atomic mass is 16.2. The number of rotatable bonds is 6. The second-order valence-corrected chi connectivity index (χ2v) is 7.27. The van der Waals surface area contributed by atoms with E-state index in [1.165, 1.54) is 6.92 Å². The minimum Gasteiger partial charge on any atom is -0.352 e. The lowest BCUT2D eigenvalue weighted by molar-refractivity contribution is -0.114. The molecule has 1 heterocycles. The zero-order valence-corrected chi connectivity index (χ0v) is 16.5. The number of para-hydroxylation sites is 1.